The molecule has 0 spiro atoms. The summed E-state index contributed by atoms with van der Waals surface area (Å²) in [6.45, 7) is 7.38. The number of nitrogens with zero attached hydrogens (tertiary/aromatic N) is 2. The second kappa shape index (κ2) is 7.94. The van der Waals surface area contributed by atoms with E-state index in [1.807, 2.05) is 29.1 Å². The van der Waals surface area contributed by atoms with E-state index in [0.29, 0.717) is 6.54 Å². The number of allylic oxidation sites excluding steroid dienone is 3. The molecule has 0 amide bonds. The van der Waals surface area contributed by atoms with E-state index in [9.17, 15) is 9.59 Å². The summed E-state index contributed by atoms with van der Waals surface area (Å²) in [7, 11) is 0. The zero-order valence-corrected chi connectivity index (χ0v) is 11.9. The van der Waals surface area contributed by atoms with Gasteiger partial charge in [-0.25, -0.2) is 0 Å². The monoisotopic (exact) mass is 271 g/mol. The average Bonchev–Trinajstić information content (AvgIpc) is 2.39. The average molecular weight is 271 g/mol. The fourth-order valence-electron chi connectivity index (χ4n) is 1.61. The molecular weight excluding hydrogens is 252 g/mol. The van der Waals surface area contributed by atoms with Crippen molar-refractivity contribution in [2.75, 3.05) is 6.54 Å². The summed E-state index contributed by atoms with van der Waals surface area (Å²) >= 11 is 0. The van der Waals surface area contributed by atoms with Gasteiger partial charge in [0, 0.05) is 25.3 Å². The number of carbonyl (C=O) groups excluding carboxylic acids is 2. The van der Waals surface area contributed by atoms with Crippen molar-refractivity contribution in [1.29, 1.82) is 0 Å². The lowest BCUT2D eigenvalue weighted by atomic mass is 10.1. The highest BCUT2D eigenvalue weighted by molar-refractivity contribution is 5.89. The topological polar surface area (TPSA) is 50.4 Å². The van der Waals surface area contributed by atoms with E-state index in [-0.39, 0.29) is 18.1 Å². The number of ketones is 2. The van der Waals surface area contributed by atoms with Crippen LogP contribution in [0.5, 0.6) is 0 Å². The van der Waals surface area contributed by atoms with Gasteiger partial charge in [-0.1, -0.05) is 12.7 Å². The summed E-state index contributed by atoms with van der Waals surface area (Å²) in [4.78, 5) is 25.8. The van der Waals surface area contributed by atoms with Crippen LogP contribution in [-0.4, -0.2) is 24.3 Å². The lowest BCUT2D eigenvalue weighted by molar-refractivity contribution is -0.684. The molecule has 0 aliphatic rings. The number of hydrogen-bond acceptors (Lipinski definition) is 3. The van der Waals surface area contributed by atoms with Crippen LogP contribution in [-0.2, 0) is 16.1 Å². The zero-order valence-electron chi connectivity index (χ0n) is 11.9. The van der Waals surface area contributed by atoms with Gasteiger partial charge in [0.1, 0.15) is 0 Å². The Hall–Kier alpha value is -2.36. The highest BCUT2D eigenvalue weighted by Gasteiger charge is 2.05. The first-order chi connectivity index (χ1) is 9.52. The fraction of sp³-hybridized carbons (Fsp3) is 0.250. The summed E-state index contributed by atoms with van der Waals surface area (Å²) in [5, 5.41) is 0. The summed E-state index contributed by atoms with van der Waals surface area (Å²) in [5.74, 6) is 0.137. The van der Waals surface area contributed by atoms with Gasteiger partial charge in [-0.15, -0.1) is 0 Å². The molecule has 0 bridgehead atoms. The number of aromatic nitrogens is 1. The SMILES string of the molecule is C=C/C(=C\C=NCC(C)=O)c1cc[n+](CC(C)=O)cc1. The van der Waals surface area contributed by atoms with E-state index < -0.39 is 0 Å². The summed E-state index contributed by atoms with van der Waals surface area (Å²) < 4.78 is 1.82. The molecule has 0 saturated carbocycles. The molecule has 0 fully saturated rings. The largest absolute Gasteiger partial charge is 0.298 e. The number of carbonyl (C=O) groups is 2. The molecule has 1 rings (SSSR count). The number of rotatable bonds is 7. The summed E-state index contributed by atoms with van der Waals surface area (Å²) in [5.41, 5.74) is 1.89. The van der Waals surface area contributed by atoms with Crippen LogP contribution in [0.25, 0.3) is 5.57 Å². The second-order valence-electron chi connectivity index (χ2n) is 4.48. The fourth-order valence-corrected chi connectivity index (χ4v) is 1.61. The minimum Gasteiger partial charge on any atom is -0.298 e. The third-order valence-electron chi connectivity index (χ3n) is 2.52. The standard InChI is InChI=1S/C16H19N2O2/c1-4-15(5-8-17-11-13(2)19)16-6-9-18(10-7-16)12-14(3)20/h4-10H,1,11-12H2,2-3H3/q+1/b15-5+,17-8?. The Balaban J connectivity index is 2.82. The van der Waals surface area contributed by atoms with Crippen LogP contribution in [0.15, 0.2) is 48.2 Å². The molecule has 0 atom stereocenters. The van der Waals surface area contributed by atoms with Gasteiger partial charge >= 0.3 is 0 Å². The Morgan fingerprint density at radius 1 is 1.25 bits per heavy atom. The molecule has 1 heterocycles. The first-order valence-electron chi connectivity index (χ1n) is 6.34. The number of aliphatic imine (C=N–C) groups is 1. The van der Waals surface area contributed by atoms with E-state index in [0.717, 1.165) is 11.1 Å². The molecule has 20 heavy (non-hydrogen) atoms. The van der Waals surface area contributed by atoms with Crippen molar-refractivity contribution in [2.24, 2.45) is 4.99 Å². The molecule has 1 aromatic rings. The minimum atomic E-state index is 0.0276. The first kappa shape index (κ1) is 15.7. The van der Waals surface area contributed by atoms with Crippen LogP contribution < -0.4 is 4.57 Å². The number of pyridine rings is 1. The molecule has 1 aromatic heterocycles. The van der Waals surface area contributed by atoms with Crippen molar-refractivity contribution in [2.45, 2.75) is 20.4 Å². The van der Waals surface area contributed by atoms with Gasteiger partial charge in [-0.2, -0.15) is 4.57 Å². The molecule has 0 saturated heterocycles. The van der Waals surface area contributed by atoms with Gasteiger partial charge in [0.25, 0.3) is 0 Å². The maximum atomic E-state index is 11.0. The Labute approximate surface area is 119 Å². The zero-order chi connectivity index (χ0) is 15.0. The lowest BCUT2D eigenvalue weighted by Crippen LogP contribution is -2.36. The van der Waals surface area contributed by atoms with Gasteiger partial charge in [-0.3, -0.25) is 14.6 Å². The van der Waals surface area contributed by atoms with E-state index in [2.05, 4.69) is 11.6 Å². The van der Waals surface area contributed by atoms with Crippen molar-refractivity contribution >= 4 is 23.4 Å². The van der Waals surface area contributed by atoms with Gasteiger partial charge in [0.15, 0.2) is 24.0 Å². The molecular formula is C16H19N2O2+. The third kappa shape index (κ3) is 5.52. The smallest absolute Gasteiger partial charge is 0.206 e. The highest BCUT2D eigenvalue weighted by atomic mass is 16.1. The van der Waals surface area contributed by atoms with Gasteiger partial charge in [0.05, 0.1) is 6.54 Å². The highest BCUT2D eigenvalue weighted by Crippen LogP contribution is 2.12. The quantitative estimate of drug-likeness (QED) is 0.431. The maximum absolute atomic E-state index is 11.0. The molecule has 0 aliphatic carbocycles. The Bertz CT molecular complexity index is 554. The molecule has 0 unspecified atom stereocenters. The molecule has 0 radical (unpaired) electrons. The van der Waals surface area contributed by atoms with Crippen molar-refractivity contribution in [3.8, 4) is 0 Å². The van der Waals surface area contributed by atoms with Gasteiger partial charge < -0.3 is 0 Å². The van der Waals surface area contributed by atoms with Crippen molar-refractivity contribution < 1.29 is 14.2 Å². The van der Waals surface area contributed by atoms with E-state index in [4.69, 9.17) is 0 Å². The third-order valence-corrected chi connectivity index (χ3v) is 2.52. The number of Topliss-reactive ketones (excluding diaryl/α,β-unsaturated/α-hetero) is 2. The number of hydrogen-bond donors (Lipinski definition) is 0. The normalized spacial score (nSPS) is 11.6. The van der Waals surface area contributed by atoms with Gasteiger partial charge in [-0.05, 0) is 24.1 Å². The Morgan fingerprint density at radius 2 is 1.90 bits per heavy atom. The van der Waals surface area contributed by atoms with E-state index in [1.54, 1.807) is 25.3 Å². The van der Waals surface area contributed by atoms with Crippen LogP contribution in [0.3, 0.4) is 0 Å². The van der Waals surface area contributed by atoms with Crippen LogP contribution in [0.4, 0.5) is 0 Å². The maximum Gasteiger partial charge on any atom is 0.206 e. The second-order valence-corrected chi connectivity index (χ2v) is 4.48. The van der Waals surface area contributed by atoms with Crippen molar-refractivity contribution in [1.82, 2.24) is 0 Å². The van der Waals surface area contributed by atoms with E-state index >= 15 is 0 Å². The predicted molar refractivity (Wildman–Crippen MR) is 79.5 cm³/mol. The Kier molecular flexibility index (Phi) is 6.23. The van der Waals surface area contributed by atoms with E-state index in [1.165, 1.54) is 6.92 Å². The van der Waals surface area contributed by atoms with Crippen LogP contribution in [0, 0.1) is 0 Å². The first-order valence-corrected chi connectivity index (χ1v) is 6.34. The van der Waals surface area contributed by atoms with Crippen LogP contribution in [0.1, 0.15) is 19.4 Å². The van der Waals surface area contributed by atoms with Crippen molar-refractivity contribution in [3.05, 3.63) is 48.8 Å². The summed E-state index contributed by atoms with van der Waals surface area (Å²) in [6.07, 6.45) is 8.83. The van der Waals surface area contributed by atoms with Gasteiger partial charge in [0.2, 0.25) is 6.54 Å². The van der Waals surface area contributed by atoms with Crippen molar-refractivity contribution in [3.63, 3.8) is 0 Å². The molecule has 4 heteroatoms. The molecule has 0 aliphatic heterocycles. The molecule has 0 aromatic carbocycles. The predicted octanol–water partition coefficient (Wildman–Crippen LogP) is 1.79. The van der Waals surface area contributed by atoms with Crippen LogP contribution >= 0.6 is 0 Å². The summed E-state index contributed by atoms with van der Waals surface area (Å²) in [6, 6.07) is 3.82. The minimum absolute atomic E-state index is 0.0276. The molecule has 4 nitrogen and oxygen atoms in total. The lowest BCUT2D eigenvalue weighted by Gasteiger charge is -2.00. The Morgan fingerprint density at radius 3 is 2.40 bits per heavy atom. The molecule has 104 valence electrons. The molecule has 0 N–H and O–H groups in total. The van der Waals surface area contributed by atoms with Crippen LogP contribution in [0.2, 0.25) is 0 Å².